The molecule has 0 bridgehead atoms. The Labute approximate surface area is 35.5 Å². The maximum atomic E-state index is 9.41. The van der Waals surface area contributed by atoms with Crippen molar-refractivity contribution in [2.45, 2.75) is 0 Å². The van der Waals surface area contributed by atoms with Crippen molar-refractivity contribution in [1.29, 1.82) is 0 Å². The van der Waals surface area contributed by atoms with Gasteiger partial charge in [-0.3, -0.25) is 4.79 Å². The van der Waals surface area contributed by atoms with Crippen molar-refractivity contribution >= 4 is 17.9 Å². The monoisotopic (exact) mass is 91.0 g/mol. The molecule has 0 spiro atoms. The normalized spacial score (nSPS) is 6.60. The minimum atomic E-state index is -0.662. The lowest BCUT2D eigenvalue weighted by Gasteiger charge is -1.95. The molecule has 0 fully saturated rings. The Bertz CT molecular complexity index is 42.9. The number of rotatable bonds is 0. The van der Waals surface area contributed by atoms with Crippen LogP contribution < -0.4 is 0 Å². The Kier molecular flexibility index (Phi) is 1.84. The van der Waals surface area contributed by atoms with Crippen molar-refractivity contribution < 1.29 is 9.53 Å². The highest BCUT2D eigenvalue weighted by Gasteiger charge is 1.59. The van der Waals surface area contributed by atoms with Crippen LogP contribution in [0.1, 0.15) is 0 Å². The molecule has 0 rings (SSSR count). The summed E-state index contributed by atoms with van der Waals surface area (Å²) >= 11 is 3.92. The predicted molar refractivity (Wildman–Crippen MR) is 19.8 cm³/mol. The molecule has 0 saturated carbocycles. The minimum absolute atomic E-state index is 0.662. The topological polar surface area (TPSA) is 26.3 Å². The predicted octanol–water partition coefficient (Wildman–Crippen LogP) is 0.300. The van der Waals surface area contributed by atoms with Crippen LogP contribution in [0.15, 0.2) is 0 Å². The molecule has 0 aliphatic heterocycles. The van der Waals surface area contributed by atoms with Crippen LogP contribution in [-0.2, 0) is 17.4 Å². The highest BCUT2D eigenvalue weighted by Crippen LogP contribution is 1.63. The molecule has 3 heteroatoms. The highest BCUT2D eigenvalue weighted by atomic mass is 32.1. The van der Waals surface area contributed by atoms with Gasteiger partial charge in [0.1, 0.15) is 0 Å². The lowest BCUT2D eigenvalue weighted by atomic mass is 11.5. The fourth-order valence-corrected chi connectivity index (χ4v) is 0. The third-order valence-corrected chi connectivity index (χ3v) is 0.333. The molecule has 0 atom stereocenters. The molecule has 0 radical (unpaired) electrons. The van der Waals surface area contributed by atoms with Gasteiger partial charge in [0, 0.05) is 0 Å². The van der Waals surface area contributed by atoms with Gasteiger partial charge in [-0.1, -0.05) is 0 Å². The summed E-state index contributed by atoms with van der Waals surface area (Å²) < 4.78 is 3.93. The van der Waals surface area contributed by atoms with E-state index in [0.717, 1.165) is 0 Å². The SMILES string of the molecule is COC(=O)[S-]. The second-order valence-corrected chi connectivity index (χ2v) is 0.787. The zero-order valence-corrected chi connectivity index (χ0v) is 3.54. The fourth-order valence-electron chi connectivity index (χ4n) is 0. The van der Waals surface area contributed by atoms with Crippen molar-refractivity contribution in [2.75, 3.05) is 7.11 Å². The second-order valence-electron chi connectivity index (χ2n) is 0.454. The summed E-state index contributed by atoms with van der Waals surface area (Å²) in [5, 5.41) is -0.662. The quantitative estimate of drug-likeness (QED) is 0.317. The van der Waals surface area contributed by atoms with E-state index in [2.05, 4.69) is 17.4 Å². The molecule has 5 heavy (non-hydrogen) atoms. The molecule has 30 valence electrons. The lowest BCUT2D eigenvalue weighted by molar-refractivity contribution is 0.200. The molecular formula is C2H3O2S-. The van der Waals surface area contributed by atoms with Crippen molar-refractivity contribution in [3.63, 3.8) is 0 Å². The molecule has 0 aliphatic rings. The first-order chi connectivity index (χ1) is 2.27. The minimum Gasteiger partial charge on any atom is -0.698 e. The molecule has 0 N–H and O–H groups in total. The van der Waals surface area contributed by atoms with Crippen LogP contribution in [0.3, 0.4) is 0 Å². The standard InChI is InChI=1S/C2H4O2S/c1-4-2(3)5/h1H3,(H,3,5)/p-1. The summed E-state index contributed by atoms with van der Waals surface area (Å²) in [7, 11) is 1.25. The van der Waals surface area contributed by atoms with Crippen molar-refractivity contribution in [3.05, 3.63) is 0 Å². The lowest BCUT2D eigenvalue weighted by Crippen LogP contribution is -1.86. The Hall–Kier alpha value is -0.310. The van der Waals surface area contributed by atoms with Crippen LogP contribution in [0.5, 0.6) is 0 Å². The highest BCUT2D eigenvalue weighted by molar-refractivity contribution is 7.76. The molecule has 0 aliphatic carbocycles. The first-order valence-corrected chi connectivity index (χ1v) is 1.43. The molecule has 0 saturated heterocycles. The third kappa shape index (κ3) is 3.69. The van der Waals surface area contributed by atoms with Gasteiger partial charge >= 0.3 is 0 Å². The zero-order chi connectivity index (χ0) is 4.28. The average molecular weight is 91.1 g/mol. The van der Waals surface area contributed by atoms with Gasteiger partial charge in [-0.25, -0.2) is 0 Å². The maximum absolute atomic E-state index is 9.41. The van der Waals surface area contributed by atoms with Crippen LogP contribution in [-0.4, -0.2) is 12.4 Å². The van der Waals surface area contributed by atoms with Crippen LogP contribution >= 0.6 is 0 Å². The van der Waals surface area contributed by atoms with Gasteiger partial charge in [0.25, 0.3) is 0 Å². The summed E-state index contributed by atoms with van der Waals surface area (Å²) in [6.07, 6.45) is 0. The number of carbonyl (C=O) groups is 1. The fraction of sp³-hybridized carbons (Fsp3) is 0.500. The van der Waals surface area contributed by atoms with Gasteiger partial charge in [-0.15, -0.1) is 0 Å². The van der Waals surface area contributed by atoms with E-state index in [-0.39, 0.29) is 0 Å². The van der Waals surface area contributed by atoms with Crippen LogP contribution in [0, 0.1) is 0 Å². The molecule has 0 aromatic carbocycles. The van der Waals surface area contributed by atoms with Gasteiger partial charge in [-0.05, 0) is 0 Å². The number of methoxy groups -OCH3 is 1. The Balaban J connectivity index is 2.85. The summed E-state index contributed by atoms with van der Waals surface area (Å²) in [5.74, 6) is 0. The van der Waals surface area contributed by atoms with Crippen LogP contribution in [0.4, 0.5) is 4.79 Å². The van der Waals surface area contributed by atoms with Crippen LogP contribution in [0.2, 0.25) is 0 Å². The van der Waals surface area contributed by atoms with Crippen molar-refractivity contribution in [1.82, 2.24) is 0 Å². The molecular weight excluding hydrogens is 88.1 g/mol. The first-order valence-electron chi connectivity index (χ1n) is 1.02. The summed E-state index contributed by atoms with van der Waals surface area (Å²) in [6.45, 7) is 0. The summed E-state index contributed by atoms with van der Waals surface area (Å²) in [4.78, 5) is 9.41. The van der Waals surface area contributed by atoms with Gasteiger partial charge in [0.15, 0.2) is 5.30 Å². The van der Waals surface area contributed by atoms with E-state index >= 15 is 0 Å². The second kappa shape index (κ2) is 1.96. The Morgan fingerprint density at radius 1 is 2.00 bits per heavy atom. The smallest absolute Gasteiger partial charge is 0.184 e. The molecule has 2 nitrogen and oxygen atoms in total. The molecule has 0 amide bonds. The van der Waals surface area contributed by atoms with E-state index in [9.17, 15) is 4.79 Å². The van der Waals surface area contributed by atoms with Gasteiger partial charge in [-0.2, -0.15) is 0 Å². The third-order valence-electron chi connectivity index (χ3n) is 0.167. The summed E-state index contributed by atoms with van der Waals surface area (Å²) in [6, 6.07) is 0. The van der Waals surface area contributed by atoms with Crippen LogP contribution in [0.25, 0.3) is 0 Å². The van der Waals surface area contributed by atoms with E-state index in [1.54, 1.807) is 0 Å². The average Bonchev–Trinajstić information content (AvgIpc) is 1.38. The largest absolute Gasteiger partial charge is 0.698 e. The molecule has 0 unspecified atom stereocenters. The van der Waals surface area contributed by atoms with Crippen molar-refractivity contribution in [2.24, 2.45) is 0 Å². The number of hydrogen-bond donors (Lipinski definition) is 0. The first kappa shape index (κ1) is 4.69. The van der Waals surface area contributed by atoms with Crippen molar-refractivity contribution in [3.8, 4) is 0 Å². The zero-order valence-electron chi connectivity index (χ0n) is 2.72. The Morgan fingerprint density at radius 3 is 2.20 bits per heavy atom. The van der Waals surface area contributed by atoms with Gasteiger partial charge in [0.2, 0.25) is 0 Å². The molecule has 0 heterocycles. The number of ether oxygens (including phenoxy) is 1. The summed E-state index contributed by atoms with van der Waals surface area (Å²) in [5.41, 5.74) is 0. The number of carbonyl (C=O) groups excluding carboxylic acids is 1. The van der Waals surface area contributed by atoms with E-state index in [1.807, 2.05) is 0 Å². The van der Waals surface area contributed by atoms with E-state index in [4.69, 9.17) is 0 Å². The maximum Gasteiger partial charge on any atom is 0.184 e. The van der Waals surface area contributed by atoms with Gasteiger partial charge in [0.05, 0.1) is 7.11 Å². The van der Waals surface area contributed by atoms with E-state index in [0.29, 0.717) is 0 Å². The van der Waals surface area contributed by atoms with Gasteiger partial charge < -0.3 is 17.4 Å². The van der Waals surface area contributed by atoms with E-state index < -0.39 is 5.30 Å². The molecule has 0 aromatic rings. The van der Waals surface area contributed by atoms with E-state index in [1.165, 1.54) is 7.11 Å². The number of hydrogen-bond acceptors (Lipinski definition) is 3. The molecule has 0 aromatic heterocycles. The Morgan fingerprint density at radius 2 is 2.20 bits per heavy atom.